The molecule has 1 aromatic carbocycles. The molecule has 4 heteroatoms. The van der Waals surface area contributed by atoms with Crippen molar-refractivity contribution >= 4 is 0 Å². The van der Waals surface area contributed by atoms with E-state index in [0.717, 1.165) is 32.0 Å². The van der Waals surface area contributed by atoms with Crippen molar-refractivity contribution < 1.29 is 13.5 Å². The van der Waals surface area contributed by atoms with Gasteiger partial charge in [0, 0.05) is 18.2 Å². The number of halogens is 2. The summed E-state index contributed by atoms with van der Waals surface area (Å²) in [5.41, 5.74) is 0. The van der Waals surface area contributed by atoms with Crippen LogP contribution in [-0.4, -0.2) is 19.2 Å². The van der Waals surface area contributed by atoms with Crippen molar-refractivity contribution in [3.63, 3.8) is 0 Å². The van der Waals surface area contributed by atoms with Crippen LogP contribution in [0.25, 0.3) is 0 Å². The zero-order chi connectivity index (χ0) is 10.7. The molecule has 0 bridgehead atoms. The molecule has 15 heavy (non-hydrogen) atoms. The summed E-state index contributed by atoms with van der Waals surface area (Å²) in [4.78, 5) is 0. The maximum Gasteiger partial charge on any atom is 0.129 e. The number of hydrogen-bond acceptors (Lipinski definition) is 2. The zero-order valence-corrected chi connectivity index (χ0v) is 8.30. The van der Waals surface area contributed by atoms with E-state index >= 15 is 0 Å². The topological polar surface area (TPSA) is 21.3 Å². The molecule has 1 saturated heterocycles. The van der Waals surface area contributed by atoms with Gasteiger partial charge in [-0.15, -0.1) is 0 Å². The molecule has 0 aromatic heterocycles. The van der Waals surface area contributed by atoms with Gasteiger partial charge in [-0.05, 0) is 25.9 Å². The largest absolute Gasteiger partial charge is 0.490 e. The average Bonchev–Trinajstić information content (AvgIpc) is 2.17. The van der Waals surface area contributed by atoms with E-state index in [2.05, 4.69) is 5.32 Å². The molecule has 1 heterocycles. The van der Waals surface area contributed by atoms with Crippen LogP contribution < -0.4 is 10.1 Å². The van der Waals surface area contributed by atoms with Crippen LogP contribution in [0, 0.1) is 11.6 Å². The number of ether oxygens (including phenoxy) is 1. The Balaban J connectivity index is 2.02. The molecule has 1 aliphatic heterocycles. The van der Waals surface area contributed by atoms with Crippen LogP contribution in [-0.2, 0) is 0 Å². The summed E-state index contributed by atoms with van der Waals surface area (Å²) in [5, 5.41) is 3.20. The van der Waals surface area contributed by atoms with Crippen LogP contribution in [0.1, 0.15) is 12.8 Å². The van der Waals surface area contributed by atoms with Gasteiger partial charge in [0.15, 0.2) is 0 Å². The summed E-state index contributed by atoms with van der Waals surface area (Å²) in [6.07, 6.45) is 1.81. The Morgan fingerprint density at radius 3 is 2.27 bits per heavy atom. The lowest BCUT2D eigenvalue weighted by Gasteiger charge is -2.23. The Kier molecular flexibility index (Phi) is 3.16. The third kappa shape index (κ3) is 2.89. The molecule has 0 amide bonds. The van der Waals surface area contributed by atoms with Crippen molar-refractivity contribution in [2.75, 3.05) is 13.1 Å². The van der Waals surface area contributed by atoms with Crippen molar-refractivity contribution in [2.24, 2.45) is 0 Å². The van der Waals surface area contributed by atoms with E-state index in [9.17, 15) is 8.78 Å². The lowest BCUT2D eigenvalue weighted by molar-refractivity contribution is 0.161. The van der Waals surface area contributed by atoms with Gasteiger partial charge in [-0.25, -0.2) is 8.78 Å². The van der Waals surface area contributed by atoms with E-state index in [1.165, 1.54) is 12.1 Å². The van der Waals surface area contributed by atoms with Gasteiger partial charge >= 0.3 is 0 Å². The first-order valence-electron chi connectivity index (χ1n) is 5.07. The molecular weight excluding hydrogens is 200 g/mol. The Hall–Kier alpha value is -1.16. The highest BCUT2D eigenvalue weighted by Crippen LogP contribution is 2.19. The van der Waals surface area contributed by atoms with Gasteiger partial charge in [-0.3, -0.25) is 0 Å². The van der Waals surface area contributed by atoms with E-state index in [1.807, 2.05) is 0 Å². The SMILES string of the molecule is Fc1cc(F)cc(OC2CCNCC2)c1. The molecule has 0 aliphatic carbocycles. The van der Waals surface area contributed by atoms with Crippen LogP contribution >= 0.6 is 0 Å². The fourth-order valence-electron chi connectivity index (χ4n) is 1.70. The maximum atomic E-state index is 12.8. The minimum absolute atomic E-state index is 0.0625. The fraction of sp³-hybridized carbons (Fsp3) is 0.455. The standard InChI is InChI=1S/C11H13F2NO/c12-8-5-9(13)7-11(6-8)15-10-1-3-14-4-2-10/h5-7,10,14H,1-4H2. The number of benzene rings is 1. The molecule has 1 aromatic rings. The highest BCUT2D eigenvalue weighted by Gasteiger charge is 2.15. The number of nitrogens with one attached hydrogen (secondary N) is 1. The van der Waals surface area contributed by atoms with Crippen molar-refractivity contribution in [3.05, 3.63) is 29.8 Å². The monoisotopic (exact) mass is 213 g/mol. The molecule has 0 spiro atoms. The summed E-state index contributed by atoms with van der Waals surface area (Å²) >= 11 is 0. The summed E-state index contributed by atoms with van der Waals surface area (Å²) < 4.78 is 31.2. The molecule has 82 valence electrons. The fourth-order valence-corrected chi connectivity index (χ4v) is 1.70. The van der Waals surface area contributed by atoms with Crippen LogP contribution in [0.2, 0.25) is 0 Å². The molecule has 0 atom stereocenters. The predicted molar refractivity (Wildman–Crippen MR) is 52.9 cm³/mol. The second-order valence-electron chi connectivity index (χ2n) is 3.67. The molecule has 1 N–H and O–H groups in total. The van der Waals surface area contributed by atoms with E-state index in [1.54, 1.807) is 0 Å². The Morgan fingerprint density at radius 2 is 1.67 bits per heavy atom. The maximum absolute atomic E-state index is 12.8. The van der Waals surface area contributed by atoms with Crippen LogP contribution in [0.3, 0.4) is 0 Å². The van der Waals surface area contributed by atoms with E-state index in [0.29, 0.717) is 0 Å². The lowest BCUT2D eigenvalue weighted by Crippen LogP contribution is -2.34. The zero-order valence-electron chi connectivity index (χ0n) is 8.30. The molecule has 0 unspecified atom stereocenters. The summed E-state index contributed by atoms with van der Waals surface area (Å²) in [6, 6.07) is 3.27. The molecule has 0 saturated carbocycles. The molecular formula is C11H13F2NO. The highest BCUT2D eigenvalue weighted by atomic mass is 19.1. The van der Waals surface area contributed by atoms with Gasteiger partial charge in [-0.1, -0.05) is 0 Å². The minimum atomic E-state index is -0.598. The number of piperidine rings is 1. The van der Waals surface area contributed by atoms with Gasteiger partial charge < -0.3 is 10.1 Å². The van der Waals surface area contributed by atoms with Crippen molar-refractivity contribution in [1.82, 2.24) is 5.32 Å². The third-order valence-electron chi connectivity index (χ3n) is 2.42. The first kappa shape index (κ1) is 10.4. The van der Waals surface area contributed by atoms with Crippen LogP contribution in [0.15, 0.2) is 18.2 Å². The Morgan fingerprint density at radius 1 is 1.07 bits per heavy atom. The van der Waals surface area contributed by atoms with Crippen molar-refractivity contribution in [2.45, 2.75) is 18.9 Å². The Bertz CT molecular complexity index is 317. The number of rotatable bonds is 2. The average molecular weight is 213 g/mol. The smallest absolute Gasteiger partial charge is 0.129 e. The summed E-state index contributed by atoms with van der Waals surface area (Å²) in [6.45, 7) is 1.78. The van der Waals surface area contributed by atoms with Gasteiger partial charge in [0.25, 0.3) is 0 Å². The molecule has 0 radical (unpaired) electrons. The summed E-state index contributed by atoms with van der Waals surface area (Å²) in [7, 11) is 0. The van der Waals surface area contributed by atoms with Gasteiger partial charge in [0.1, 0.15) is 23.5 Å². The van der Waals surface area contributed by atoms with Gasteiger partial charge in [-0.2, -0.15) is 0 Å². The second kappa shape index (κ2) is 4.57. The molecule has 2 nitrogen and oxygen atoms in total. The molecule has 1 fully saturated rings. The predicted octanol–water partition coefficient (Wildman–Crippen LogP) is 2.10. The van der Waals surface area contributed by atoms with E-state index in [4.69, 9.17) is 4.74 Å². The normalized spacial score (nSPS) is 17.7. The Labute approximate surface area is 87.2 Å². The first-order valence-corrected chi connectivity index (χ1v) is 5.07. The quantitative estimate of drug-likeness (QED) is 0.812. The van der Waals surface area contributed by atoms with Gasteiger partial charge in [0.05, 0.1) is 0 Å². The molecule has 1 aliphatic rings. The first-order chi connectivity index (χ1) is 7.24. The van der Waals surface area contributed by atoms with Crippen molar-refractivity contribution in [1.29, 1.82) is 0 Å². The van der Waals surface area contributed by atoms with Gasteiger partial charge in [0.2, 0.25) is 0 Å². The van der Waals surface area contributed by atoms with Crippen LogP contribution in [0.5, 0.6) is 5.75 Å². The van der Waals surface area contributed by atoms with E-state index < -0.39 is 11.6 Å². The lowest BCUT2D eigenvalue weighted by atomic mass is 10.1. The third-order valence-corrected chi connectivity index (χ3v) is 2.42. The number of hydrogen-bond donors (Lipinski definition) is 1. The van der Waals surface area contributed by atoms with Crippen LogP contribution in [0.4, 0.5) is 8.78 Å². The molecule has 2 rings (SSSR count). The second-order valence-corrected chi connectivity index (χ2v) is 3.67. The minimum Gasteiger partial charge on any atom is -0.490 e. The van der Waals surface area contributed by atoms with Crippen molar-refractivity contribution in [3.8, 4) is 5.75 Å². The highest BCUT2D eigenvalue weighted by molar-refractivity contribution is 5.24. The summed E-state index contributed by atoms with van der Waals surface area (Å²) in [5.74, 6) is -0.919. The van der Waals surface area contributed by atoms with E-state index in [-0.39, 0.29) is 11.9 Å².